The van der Waals surface area contributed by atoms with E-state index in [0.29, 0.717) is 32.4 Å². The highest BCUT2D eigenvalue weighted by atomic mass is 35.5. The van der Waals surface area contributed by atoms with Crippen LogP contribution in [-0.2, 0) is 0 Å². The van der Waals surface area contributed by atoms with Gasteiger partial charge in [0, 0.05) is 25.2 Å². The first-order chi connectivity index (χ1) is 9.80. The summed E-state index contributed by atoms with van der Waals surface area (Å²) in [4.78, 5) is 24.3. The zero-order valence-electron chi connectivity index (χ0n) is 11.7. The van der Waals surface area contributed by atoms with E-state index in [4.69, 9.17) is 11.6 Å². The molecular weight excluding hydrogens is 296 g/mol. The van der Waals surface area contributed by atoms with Crippen molar-refractivity contribution in [3.05, 3.63) is 38.9 Å². The molecular formula is C14H17ClN2O4. The number of nitrogens with zero attached hydrogens (tertiary/aromatic N) is 2. The first-order valence-electron chi connectivity index (χ1n) is 6.76. The number of benzene rings is 1. The number of carbonyl (C=O) groups excluding carboxylic acids is 1. The van der Waals surface area contributed by atoms with Gasteiger partial charge in [-0.15, -0.1) is 0 Å². The molecule has 21 heavy (non-hydrogen) atoms. The Kier molecular flexibility index (Phi) is 4.49. The number of hydrogen-bond acceptors (Lipinski definition) is 4. The third-order valence-electron chi connectivity index (χ3n) is 3.74. The summed E-state index contributed by atoms with van der Waals surface area (Å²) >= 11 is 5.99. The second-order valence-electron chi connectivity index (χ2n) is 5.56. The lowest BCUT2D eigenvalue weighted by atomic mass is 9.98. The van der Waals surface area contributed by atoms with Gasteiger partial charge in [-0.2, -0.15) is 0 Å². The molecule has 7 heteroatoms. The molecule has 1 amide bonds. The molecule has 1 aliphatic heterocycles. The Morgan fingerprint density at radius 1 is 1.43 bits per heavy atom. The number of nitro groups is 1. The summed E-state index contributed by atoms with van der Waals surface area (Å²) in [5.41, 5.74) is -0.807. The van der Waals surface area contributed by atoms with E-state index >= 15 is 0 Å². The zero-order valence-corrected chi connectivity index (χ0v) is 12.5. The van der Waals surface area contributed by atoms with Crippen LogP contribution in [-0.4, -0.2) is 39.5 Å². The highest BCUT2D eigenvalue weighted by Crippen LogP contribution is 2.26. The van der Waals surface area contributed by atoms with Crippen molar-refractivity contribution in [2.45, 2.75) is 31.8 Å². The van der Waals surface area contributed by atoms with Gasteiger partial charge in [-0.25, -0.2) is 0 Å². The number of amides is 1. The third-order valence-corrected chi connectivity index (χ3v) is 4.07. The number of aliphatic hydroxyl groups is 1. The minimum atomic E-state index is -0.776. The molecule has 1 aromatic rings. The van der Waals surface area contributed by atoms with Crippen LogP contribution < -0.4 is 0 Å². The lowest BCUT2D eigenvalue weighted by Crippen LogP contribution is -2.33. The minimum Gasteiger partial charge on any atom is -0.390 e. The summed E-state index contributed by atoms with van der Waals surface area (Å²) in [5.74, 6) is -0.332. The molecule has 1 N–H and O–H groups in total. The maximum atomic E-state index is 12.5. The fraction of sp³-hybridized carbons (Fsp3) is 0.500. The zero-order chi connectivity index (χ0) is 15.6. The van der Waals surface area contributed by atoms with Crippen LogP contribution in [0.4, 0.5) is 5.69 Å². The second kappa shape index (κ2) is 5.99. The summed E-state index contributed by atoms with van der Waals surface area (Å²) in [5, 5.41) is 21.0. The van der Waals surface area contributed by atoms with Crippen LogP contribution in [0.5, 0.6) is 0 Å². The number of non-ortho nitro benzene ring substituents is 1. The van der Waals surface area contributed by atoms with E-state index in [1.54, 1.807) is 11.8 Å². The largest absolute Gasteiger partial charge is 0.390 e. The Hall–Kier alpha value is -1.66. The molecule has 0 radical (unpaired) electrons. The topological polar surface area (TPSA) is 83.7 Å². The van der Waals surface area contributed by atoms with Crippen LogP contribution in [0.25, 0.3) is 0 Å². The normalized spacial score (nSPS) is 22.7. The molecule has 0 spiro atoms. The predicted molar refractivity (Wildman–Crippen MR) is 78.5 cm³/mol. The van der Waals surface area contributed by atoms with Crippen molar-refractivity contribution in [1.29, 1.82) is 0 Å². The highest BCUT2D eigenvalue weighted by molar-refractivity contribution is 6.33. The van der Waals surface area contributed by atoms with E-state index < -0.39 is 10.5 Å². The molecule has 1 fully saturated rings. The van der Waals surface area contributed by atoms with Crippen LogP contribution >= 0.6 is 11.6 Å². The van der Waals surface area contributed by atoms with E-state index in [-0.39, 0.29) is 22.2 Å². The van der Waals surface area contributed by atoms with Gasteiger partial charge in [-0.1, -0.05) is 11.6 Å². The van der Waals surface area contributed by atoms with Gasteiger partial charge in [0.2, 0.25) is 0 Å². The van der Waals surface area contributed by atoms with Crippen molar-refractivity contribution in [1.82, 2.24) is 4.90 Å². The minimum absolute atomic E-state index is 0.132. The maximum Gasteiger partial charge on any atom is 0.270 e. The van der Waals surface area contributed by atoms with Crippen molar-refractivity contribution in [3.63, 3.8) is 0 Å². The Balaban J connectivity index is 2.23. The van der Waals surface area contributed by atoms with Crippen molar-refractivity contribution < 1.29 is 14.8 Å². The summed E-state index contributed by atoms with van der Waals surface area (Å²) in [6.45, 7) is 2.67. The summed E-state index contributed by atoms with van der Waals surface area (Å²) in [7, 11) is 0. The number of halogens is 1. The number of nitro benzene ring substituents is 1. The van der Waals surface area contributed by atoms with Gasteiger partial charge in [-0.05, 0) is 32.3 Å². The standard InChI is InChI=1S/C14H17ClN2O4/c1-14(19)5-2-7-16(8-6-14)13(18)11-9-10(17(20)21)3-4-12(11)15/h3-4,9,19H,2,5-8H2,1H3. The number of likely N-dealkylation sites (tertiary alicyclic amines) is 1. The number of hydrogen-bond donors (Lipinski definition) is 1. The van der Waals surface area contributed by atoms with Crippen LogP contribution in [0, 0.1) is 10.1 Å². The first kappa shape index (κ1) is 15.7. The smallest absolute Gasteiger partial charge is 0.270 e. The van der Waals surface area contributed by atoms with Gasteiger partial charge in [0.05, 0.1) is 21.1 Å². The van der Waals surface area contributed by atoms with Gasteiger partial charge in [0.1, 0.15) is 0 Å². The molecule has 0 aromatic heterocycles. The Labute approximate surface area is 127 Å². The fourth-order valence-corrected chi connectivity index (χ4v) is 2.63. The van der Waals surface area contributed by atoms with Gasteiger partial charge in [-0.3, -0.25) is 14.9 Å². The quantitative estimate of drug-likeness (QED) is 0.672. The van der Waals surface area contributed by atoms with Crippen LogP contribution in [0.2, 0.25) is 5.02 Å². The molecule has 0 bridgehead atoms. The SMILES string of the molecule is CC1(O)CCCN(C(=O)c2cc([N+](=O)[O-])ccc2Cl)CC1. The third kappa shape index (κ3) is 3.71. The Bertz CT molecular complexity index is 574. The van der Waals surface area contributed by atoms with E-state index in [1.807, 2.05) is 0 Å². The molecule has 1 aromatic carbocycles. The molecule has 1 atom stereocenters. The molecule has 1 saturated heterocycles. The van der Waals surface area contributed by atoms with Crippen molar-refractivity contribution in [2.24, 2.45) is 0 Å². The predicted octanol–water partition coefficient (Wildman–Crippen LogP) is 2.63. The van der Waals surface area contributed by atoms with E-state index in [0.717, 1.165) is 0 Å². The average Bonchev–Trinajstić information content (AvgIpc) is 2.59. The maximum absolute atomic E-state index is 12.5. The van der Waals surface area contributed by atoms with E-state index in [2.05, 4.69) is 0 Å². The molecule has 1 unspecified atom stereocenters. The number of rotatable bonds is 2. The molecule has 1 aliphatic rings. The van der Waals surface area contributed by atoms with Gasteiger partial charge in [0.25, 0.3) is 11.6 Å². The first-order valence-corrected chi connectivity index (χ1v) is 7.13. The van der Waals surface area contributed by atoms with Crippen molar-refractivity contribution >= 4 is 23.2 Å². The monoisotopic (exact) mass is 312 g/mol. The Morgan fingerprint density at radius 2 is 2.14 bits per heavy atom. The molecule has 2 rings (SSSR count). The van der Waals surface area contributed by atoms with Crippen molar-refractivity contribution in [2.75, 3.05) is 13.1 Å². The fourth-order valence-electron chi connectivity index (χ4n) is 2.43. The molecule has 0 aliphatic carbocycles. The highest BCUT2D eigenvalue weighted by Gasteiger charge is 2.28. The summed E-state index contributed by atoms with van der Waals surface area (Å²) in [6.07, 6.45) is 1.79. The molecule has 114 valence electrons. The molecule has 6 nitrogen and oxygen atoms in total. The van der Waals surface area contributed by atoms with Gasteiger partial charge in [0.15, 0.2) is 0 Å². The van der Waals surface area contributed by atoms with Crippen LogP contribution in [0.15, 0.2) is 18.2 Å². The lowest BCUT2D eigenvalue weighted by molar-refractivity contribution is -0.384. The van der Waals surface area contributed by atoms with E-state index in [9.17, 15) is 20.0 Å². The second-order valence-corrected chi connectivity index (χ2v) is 5.97. The molecule has 1 heterocycles. The summed E-state index contributed by atoms with van der Waals surface area (Å²) in [6, 6.07) is 3.83. The van der Waals surface area contributed by atoms with Crippen molar-refractivity contribution in [3.8, 4) is 0 Å². The summed E-state index contributed by atoms with van der Waals surface area (Å²) < 4.78 is 0. The lowest BCUT2D eigenvalue weighted by Gasteiger charge is -2.23. The molecule has 0 saturated carbocycles. The van der Waals surface area contributed by atoms with Gasteiger partial charge < -0.3 is 10.0 Å². The van der Waals surface area contributed by atoms with Crippen LogP contribution in [0.3, 0.4) is 0 Å². The van der Waals surface area contributed by atoms with Crippen LogP contribution in [0.1, 0.15) is 36.5 Å². The van der Waals surface area contributed by atoms with E-state index in [1.165, 1.54) is 18.2 Å². The average molecular weight is 313 g/mol. The number of carbonyl (C=O) groups is 1. The van der Waals surface area contributed by atoms with Gasteiger partial charge >= 0.3 is 0 Å². The Morgan fingerprint density at radius 3 is 2.81 bits per heavy atom.